The molecule has 1 aliphatic rings. The summed E-state index contributed by atoms with van der Waals surface area (Å²) in [6.07, 6.45) is 2.56. The zero-order valence-electron chi connectivity index (χ0n) is 11.0. The Morgan fingerprint density at radius 2 is 1.89 bits per heavy atom. The van der Waals surface area contributed by atoms with Crippen molar-refractivity contribution >= 4 is 21.4 Å². The maximum atomic E-state index is 12.1. The van der Waals surface area contributed by atoms with Gasteiger partial charge in [0.15, 0.2) is 15.6 Å². The highest BCUT2D eigenvalue weighted by Crippen LogP contribution is 2.31. The molecule has 0 N–H and O–H groups in total. The standard InChI is InChI=1S/C14H16O4S/c1-9-3-6-11(14(7-9)19(2,17)18)13(16)8-12(15)10-4-5-10/h3,6-7,10H,4-5,8H2,1-2H3. The van der Waals surface area contributed by atoms with Crippen molar-refractivity contribution in [3.05, 3.63) is 29.3 Å². The van der Waals surface area contributed by atoms with Gasteiger partial charge in [-0.3, -0.25) is 9.59 Å². The Morgan fingerprint density at radius 3 is 2.42 bits per heavy atom. The molecule has 0 heterocycles. The number of carbonyl (C=O) groups is 2. The molecule has 0 saturated heterocycles. The quantitative estimate of drug-likeness (QED) is 0.610. The van der Waals surface area contributed by atoms with Crippen LogP contribution in [0.15, 0.2) is 23.1 Å². The number of benzene rings is 1. The molecule has 0 amide bonds. The maximum absolute atomic E-state index is 12.1. The van der Waals surface area contributed by atoms with E-state index in [2.05, 4.69) is 0 Å². The first-order valence-electron chi connectivity index (χ1n) is 6.15. The van der Waals surface area contributed by atoms with Crippen LogP contribution in [0, 0.1) is 12.8 Å². The summed E-state index contributed by atoms with van der Waals surface area (Å²) in [5, 5.41) is 0. The van der Waals surface area contributed by atoms with Crippen LogP contribution in [0.4, 0.5) is 0 Å². The Bertz CT molecular complexity index is 639. The third kappa shape index (κ3) is 3.29. The molecule has 0 radical (unpaired) electrons. The number of aryl methyl sites for hydroxylation is 1. The van der Waals surface area contributed by atoms with E-state index in [4.69, 9.17) is 0 Å². The van der Waals surface area contributed by atoms with Gasteiger partial charge in [0.05, 0.1) is 11.3 Å². The number of ketones is 2. The van der Waals surface area contributed by atoms with Crippen molar-refractivity contribution in [3.8, 4) is 0 Å². The van der Waals surface area contributed by atoms with Gasteiger partial charge < -0.3 is 0 Å². The molecule has 1 fully saturated rings. The first-order valence-corrected chi connectivity index (χ1v) is 8.05. The van der Waals surface area contributed by atoms with Gasteiger partial charge in [-0.15, -0.1) is 0 Å². The van der Waals surface area contributed by atoms with Crippen molar-refractivity contribution in [2.45, 2.75) is 31.1 Å². The number of Topliss-reactive ketones (excluding diaryl/α,β-unsaturated/α-hetero) is 2. The van der Waals surface area contributed by atoms with Gasteiger partial charge in [-0.25, -0.2) is 8.42 Å². The number of sulfone groups is 1. The summed E-state index contributed by atoms with van der Waals surface area (Å²) in [6, 6.07) is 4.65. The molecule has 0 spiro atoms. The van der Waals surface area contributed by atoms with Gasteiger partial charge >= 0.3 is 0 Å². The van der Waals surface area contributed by atoms with Gasteiger partial charge in [0, 0.05) is 17.7 Å². The fraction of sp³-hybridized carbons (Fsp3) is 0.429. The Balaban J connectivity index is 2.33. The molecule has 1 aromatic carbocycles. The van der Waals surface area contributed by atoms with Gasteiger partial charge in [0.25, 0.3) is 0 Å². The van der Waals surface area contributed by atoms with Crippen LogP contribution >= 0.6 is 0 Å². The lowest BCUT2D eigenvalue weighted by atomic mass is 10.0. The molecule has 0 aliphatic heterocycles. The summed E-state index contributed by atoms with van der Waals surface area (Å²) in [4.78, 5) is 23.7. The number of carbonyl (C=O) groups excluding carboxylic acids is 2. The number of rotatable bonds is 5. The van der Waals surface area contributed by atoms with Crippen molar-refractivity contribution in [1.82, 2.24) is 0 Å². The van der Waals surface area contributed by atoms with E-state index in [9.17, 15) is 18.0 Å². The zero-order valence-corrected chi connectivity index (χ0v) is 11.8. The van der Waals surface area contributed by atoms with Crippen LogP contribution in [-0.2, 0) is 14.6 Å². The largest absolute Gasteiger partial charge is 0.299 e. The first kappa shape index (κ1) is 13.9. The lowest BCUT2D eigenvalue weighted by Crippen LogP contribution is -2.13. The second kappa shape index (κ2) is 4.89. The molecule has 1 aliphatic carbocycles. The van der Waals surface area contributed by atoms with E-state index in [1.807, 2.05) is 0 Å². The van der Waals surface area contributed by atoms with E-state index in [1.54, 1.807) is 13.0 Å². The maximum Gasteiger partial charge on any atom is 0.176 e. The van der Waals surface area contributed by atoms with Crippen LogP contribution in [0.1, 0.15) is 35.2 Å². The molecule has 19 heavy (non-hydrogen) atoms. The first-order chi connectivity index (χ1) is 8.79. The van der Waals surface area contributed by atoms with Crippen LogP contribution in [0.2, 0.25) is 0 Å². The second-order valence-electron chi connectivity index (χ2n) is 5.11. The second-order valence-corrected chi connectivity index (χ2v) is 7.10. The van der Waals surface area contributed by atoms with Crippen LogP contribution < -0.4 is 0 Å². The van der Waals surface area contributed by atoms with Gasteiger partial charge in [-0.05, 0) is 37.5 Å². The molecule has 1 saturated carbocycles. The molecule has 0 atom stereocenters. The molecule has 102 valence electrons. The highest BCUT2D eigenvalue weighted by atomic mass is 32.2. The molecular weight excluding hydrogens is 264 g/mol. The minimum atomic E-state index is -3.47. The average molecular weight is 280 g/mol. The highest BCUT2D eigenvalue weighted by molar-refractivity contribution is 7.90. The third-order valence-electron chi connectivity index (χ3n) is 3.20. The average Bonchev–Trinajstić information content (AvgIpc) is 3.11. The fourth-order valence-electron chi connectivity index (χ4n) is 1.97. The van der Waals surface area contributed by atoms with Crippen molar-refractivity contribution in [2.75, 3.05) is 6.26 Å². The zero-order chi connectivity index (χ0) is 14.2. The molecule has 0 bridgehead atoms. The van der Waals surface area contributed by atoms with E-state index in [1.165, 1.54) is 12.1 Å². The smallest absolute Gasteiger partial charge is 0.176 e. The molecule has 5 heteroatoms. The molecule has 1 aromatic rings. The van der Waals surface area contributed by atoms with Gasteiger partial charge in [-0.1, -0.05) is 6.07 Å². The predicted octanol–water partition coefficient (Wildman–Crippen LogP) is 1.95. The summed E-state index contributed by atoms with van der Waals surface area (Å²) in [5.74, 6) is -0.474. The summed E-state index contributed by atoms with van der Waals surface area (Å²) in [6.45, 7) is 1.76. The topological polar surface area (TPSA) is 68.3 Å². The van der Waals surface area contributed by atoms with Crippen LogP contribution in [0.5, 0.6) is 0 Å². The van der Waals surface area contributed by atoms with Crippen molar-refractivity contribution < 1.29 is 18.0 Å². The summed E-state index contributed by atoms with van der Waals surface area (Å²) >= 11 is 0. The molecule has 2 rings (SSSR count). The van der Waals surface area contributed by atoms with Crippen molar-refractivity contribution in [3.63, 3.8) is 0 Å². The Labute approximate surface area is 112 Å². The Kier molecular flexibility index (Phi) is 3.58. The lowest BCUT2D eigenvalue weighted by molar-refractivity contribution is -0.119. The van der Waals surface area contributed by atoms with E-state index in [0.717, 1.165) is 24.7 Å². The number of hydrogen-bond donors (Lipinski definition) is 0. The summed E-state index contributed by atoms with van der Waals surface area (Å²) in [7, 11) is -3.47. The minimum Gasteiger partial charge on any atom is -0.299 e. The van der Waals surface area contributed by atoms with Crippen molar-refractivity contribution in [2.24, 2.45) is 5.92 Å². The van der Waals surface area contributed by atoms with E-state index in [-0.39, 0.29) is 28.6 Å². The monoisotopic (exact) mass is 280 g/mol. The normalized spacial score (nSPS) is 15.3. The van der Waals surface area contributed by atoms with Gasteiger partial charge in [-0.2, -0.15) is 0 Å². The SMILES string of the molecule is Cc1ccc(C(=O)CC(=O)C2CC2)c(S(C)(=O)=O)c1. The predicted molar refractivity (Wildman–Crippen MR) is 71.0 cm³/mol. The molecular formula is C14H16O4S. The third-order valence-corrected chi connectivity index (χ3v) is 4.34. The van der Waals surface area contributed by atoms with E-state index in [0.29, 0.717) is 0 Å². The fourth-order valence-corrected chi connectivity index (χ4v) is 2.95. The summed E-state index contributed by atoms with van der Waals surface area (Å²) in [5.41, 5.74) is 0.896. The van der Waals surface area contributed by atoms with E-state index < -0.39 is 15.6 Å². The minimum absolute atomic E-state index is 0.0103. The van der Waals surface area contributed by atoms with Gasteiger partial charge in [0.1, 0.15) is 5.78 Å². The molecule has 0 unspecified atom stereocenters. The summed E-state index contributed by atoms with van der Waals surface area (Å²) < 4.78 is 23.4. The lowest BCUT2D eigenvalue weighted by Gasteiger charge is -2.08. The molecule has 4 nitrogen and oxygen atoms in total. The molecule has 0 aromatic heterocycles. The number of hydrogen-bond acceptors (Lipinski definition) is 4. The van der Waals surface area contributed by atoms with E-state index >= 15 is 0 Å². The highest BCUT2D eigenvalue weighted by Gasteiger charge is 2.31. The van der Waals surface area contributed by atoms with Crippen LogP contribution in [0.3, 0.4) is 0 Å². The van der Waals surface area contributed by atoms with Crippen LogP contribution in [0.25, 0.3) is 0 Å². The van der Waals surface area contributed by atoms with Crippen molar-refractivity contribution in [1.29, 1.82) is 0 Å². The Hall–Kier alpha value is -1.49. The van der Waals surface area contributed by atoms with Gasteiger partial charge in [0.2, 0.25) is 0 Å². The Morgan fingerprint density at radius 1 is 1.26 bits per heavy atom. The van der Waals surface area contributed by atoms with Crippen LogP contribution in [-0.4, -0.2) is 26.2 Å².